The molecule has 2 aromatic carbocycles. The number of allylic oxidation sites excluding steroid dienone is 5. The van der Waals surface area contributed by atoms with Crippen LogP contribution in [0.2, 0.25) is 0 Å². The molecule has 0 amide bonds. The van der Waals surface area contributed by atoms with Gasteiger partial charge in [-0.3, -0.25) is 0 Å². The van der Waals surface area contributed by atoms with E-state index in [9.17, 15) is 10.8 Å². The van der Waals surface area contributed by atoms with Gasteiger partial charge in [0, 0.05) is 19.8 Å². The lowest BCUT2D eigenvalue weighted by Crippen LogP contribution is -2.07. The van der Waals surface area contributed by atoms with Crippen LogP contribution < -0.4 is 4.90 Å². The van der Waals surface area contributed by atoms with E-state index in [0.29, 0.717) is 5.57 Å². The highest BCUT2D eigenvalue weighted by molar-refractivity contribution is 5.78. The van der Waals surface area contributed by atoms with Gasteiger partial charge in [-0.05, 0) is 67.5 Å². The van der Waals surface area contributed by atoms with Gasteiger partial charge in [0.1, 0.15) is 0 Å². The van der Waals surface area contributed by atoms with Crippen LogP contribution in [0.3, 0.4) is 0 Å². The van der Waals surface area contributed by atoms with E-state index in [1.807, 2.05) is 112 Å². The molecule has 0 aliphatic carbocycles. The summed E-state index contributed by atoms with van der Waals surface area (Å²) in [6, 6.07) is 20.0. The van der Waals surface area contributed by atoms with Crippen LogP contribution in [0.15, 0.2) is 95.9 Å². The first-order chi connectivity index (χ1) is 14.9. The molecule has 2 aromatic rings. The Morgan fingerprint density at radius 3 is 2.39 bits per heavy atom. The van der Waals surface area contributed by atoms with Gasteiger partial charge < -0.3 is 10.4 Å². The summed E-state index contributed by atoms with van der Waals surface area (Å²) in [6.07, 6.45) is 7.54. The molecular weight excluding hydrogens is 380 g/mol. The van der Waals surface area contributed by atoms with E-state index in [1.165, 1.54) is 4.70 Å². The lowest BCUT2D eigenvalue weighted by Gasteiger charge is -2.11. The maximum absolute atomic E-state index is 10.2. The Kier molecular flexibility index (Phi) is 6.82. The first-order valence-electron chi connectivity index (χ1n) is 10.2. The van der Waals surface area contributed by atoms with Crippen molar-refractivity contribution >= 4 is 17.0 Å². The van der Waals surface area contributed by atoms with Gasteiger partial charge in [-0.25, -0.2) is 4.70 Å². The average Bonchev–Trinajstić information content (AvgIpc) is 3.46. The topological polar surface area (TPSA) is 52.3 Å². The van der Waals surface area contributed by atoms with Crippen LogP contribution in [0, 0.1) is 17.2 Å². The van der Waals surface area contributed by atoms with Crippen molar-refractivity contribution in [2.75, 3.05) is 19.0 Å². The van der Waals surface area contributed by atoms with Crippen molar-refractivity contribution in [2.24, 2.45) is 5.92 Å². The van der Waals surface area contributed by atoms with Crippen molar-refractivity contribution in [3.05, 3.63) is 113 Å². The number of nitriles is 1. The maximum atomic E-state index is 10.2. The third kappa shape index (κ3) is 5.36. The van der Waals surface area contributed by atoms with Gasteiger partial charge in [0.25, 0.3) is 11.4 Å². The van der Waals surface area contributed by atoms with E-state index >= 15 is 0 Å². The van der Waals surface area contributed by atoms with E-state index in [0.717, 1.165) is 33.8 Å². The molecule has 0 N–H and O–H groups in total. The van der Waals surface area contributed by atoms with Gasteiger partial charge in [-0.2, -0.15) is 5.26 Å². The second-order valence-corrected chi connectivity index (χ2v) is 7.72. The molecule has 0 saturated carbocycles. The largest absolute Gasteiger partial charge is 0.493 e. The van der Waals surface area contributed by atoms with Crippen molar-refractivity contribution in [3.8, 4) is 6.07 Å². The minimum Gasteiger partial charge on any atom is -0.493 e. The van der Waals surface area contributed by atoms with Crippen LogP contribution in [0.5, 0.6) is 0 Å². The summed E-state index contributed by atoms with van der Waals surface area (Å²) in [4.78, 5) is 2.04. The third-order valence-corrected chi connectivity index (χ3v) is 5.09. The number of hydrogen-bond acceptors (Lipinski definition) is 2. The van der Waals surface area contributed by atoms with Gasteiger partial charge in [0.2, 0.25) is 0 Å². The van der Waals surface area contributed by atoms with Crippen molar-refractivity contribution in [3.63, 3.8) is 0 Å². The molecule has 1 atom stereocenters. The lowest BCUT2D eigenvalue weighted by atomic mass is 10.0. The van der Waals surface area contributed by atoms with Crippen LogP contribution in [0.1, 0.15) is 25.0 Å². The molecule has 1 heterocycles. The maximum Gasteiger partial charge on any atom is 0.275 e. The first-order valence-corrected chi connectivity index (χ1v) is 10.2. The molecule has 4 nitrogen and oxygen atoms in total. The van der Waals surface area contributed by atoms with Crippen molar-refractivity contribution in [2.45, 2.75) is 13.8 Å². The molecule has 4 heteroatoms. The summed E-state index contributed by atoms with van der Waals surface area (Å²) in [5, 5.41) is 9.41. The highest BCUT2D eigenvalue weighted by atomic mass is 15.3. The Balaban J connectivity index is 1.70. The summed E-state index contributed by atoms with van der Waals surface area (Å²) >= 11 is 0. The zero-order valence-electron chi connectivity index (χ0n) is 18.4. The summed E-state index contributed by atoms with van der Waals surface area (Å²) in [5.74, 6) is 0.0352. The lowest BCUT2D eigenvalue weighted by molar-refractivity contribution is -0.321. The van der Waals surface area contributed by atoms with Gasteiger partial charge in [0.15, 0.2) is 0 Å². The number of nitrogens with zero attached hydrogens (tertiary/aromatic N) is 4. The molecule has 3 rings (SSSR count). The normalized spacial score (nSPS) is 14.5. The molecule has 0 aromatic heterocycles. The van der Waals surface area contributed by atoms with Crippen LogP contribution in [-0.4, -0.2) is 18.8 Å². The fraction of sp³-hybridized carbons (Fsp3) is 0.185. The second-order valence-electron chi connectivity index (χ2n) is 7.72. The fourth-order valence-electron chi connectivity index (χ4n) is 3.30. The fourth-order valence-corrected chi connectivity index (χ4v) is 3.30. The molecule has 1 aliphatic heterocycles. The zero-order chi connectivity index (χ0) is 22.4. The quantitative estimate of drug-likeness (QED) is 0.232. The van der Waals surface area contributed by atoms with E-state index in [-0.39, 0.29) is 5.92 Å². The van der Waals surface area contributed by atoms with Gasteiger partial charge in [-0.15, -0.1) is 5.73 Å². The Bertz CT molecular complexity index is 1160. The van der Waals surface area contributed by atoms with E-state index < -0.39 is 0 Å². The molecule has 1 aliphatic rings. The molecule has 0 saturated heterocycles. The molecular formula is C27H26N4. The number of anilines is 1. The second kappa shape index (κ2) is 9.71. The smallest absolute Gasteiger partial charge is 0.275 e. The molecule has 0 spiro atoms. The van der Waals surface area contributed by atoms with Crippen LogP contribution in [0.25, 0.3) is 16.8 Å². The number of rotatable bonds is 7. The monoisotopic (exact) mass is 406 g/mol. The summed E-state index contributed by atoms with van der Waals surface area (Å²) in [5.41, 5.74) is 19.7. The summed E-state index contributed by atoms with van der Waals surface area (Å²) in [6.45, 7) is 3.98. The van der Waals surface area contributed by atoms with Gasteiger partial charge >= 0.3 is 0 Å². The third-order valence-electron chi connectivity index (χ3n) is 5.09. The summed E-state index contributed by atoms with van der Waals surface area (Å²) in [7, 11) is 4.01. The highest BCUT2D eigenvalue weighted by Gasteiger charge is 2.42. The van der Waals surface area contributed by atoms with Crippen molar-refractivity contribution in [1.82, 2.24) is 0 Å². The summed E-state index contributed by atoms with van der Waals surface area (Å²) < 4.78 is 1.25. The standard InChI is InChI=1S/C27H26N4/c1-20(18-24(19-28)22-12-6-5-7-13-22)10-8-9-11-21(2)26-27(31(26)29)23-14-16-25(17-15-23)30(3)4/h5-8,10-18,21H,1-4H3. The molecule has 31 heavy (non-hydrogen) atoms. The van der Waals surface area contributed by atoms with E-state index in [2.05, 4.69) is 11.8 Å². The highest BCUT2D eigenvalue weighted by Crippen LogP contribution is 2.41. The first kappa shape index (κ1) is 21.8. The molecule has 0 bridgehead atoms. The Morgan fingerprint density at radius 2 is 1.77 bits per heavy atom. The van der Waals surface area contributed by atoms with Crippen molar-refractivity contribution in [1.29, 1.82) is 5.26 Å². The van der Waals surface area contributed by atoms with Gasteiger partial charge in [-0.1, -0.05) is 36.4 Å². The molecule has 0 radical (unpaired) electrons. The predicted molar refractivity (Wildman–Crippen MR) is 127 cm³/mol. The van der Waals surface area contributed by atoms with Crippen LogP contribution >= 0.6 is 0 Å². The predicted octanol–water partition coefficient (Wildman–Crippen LogP) is 6.37. The number of benzene rings is 2. The zero-order valence-corrected chi connectivity index (χ0v) is 18.4. The molecule has 1 unspecified atom stereocenters. The minimum absolute atomic E-state index is 0.0352. The Labute approximate surface area is 184 Å². The van der Waals surface area contributed by atoms with Crippen LogP contribution in [0.4, 0.5) is 5.69 Å². The van der Waals surface area contributed by atoms with Crippen LogP contribution in [-0.2, 0) is 0 Å². The average molecular weight is 407 g/mol. The number of hydrogen-bond donors (Lipinski definition) is 0. The molecule has 0 fully saturated rings. The van der Waals surface area contributed by atoms with Gasteiger partial charge in [0.05, 0.1) is 23.1 Å². The minimum atomic E-state index is 0.0352. The Hall–Kier alpha value is -3.93. The SMILES string of the molecule is CC(=CC=C=CC(C)C1=C(c2ccc(N(C)C)cc2)[N+]1=[N-])C=C(C#N)c1ccccc1. The van der Waals surface area contributed by atoms with E-state index in [4.69, 9.17) is 0 Å². The Morgan fingerprint density at radius 1 is 1.10 bits per heavy atom. The van der Waals surface area contributed by atoms with E-state index in [1.54, 1.807) is 0 Å². The van der Waals surface area contributed by atoms with Crippen molar-refractivity contribution < 1.29 is 4.70 Å². The molecule has 154 valence electrons.